The molecule has 5 rings (SSSR count). The average molecular weight is 420 g/mol. The van der Waals surface area contributed by atoms with Crippen molar-refractivity contribution < 1.29 is 14.3 Å². The molecule has 2 aliphatic heterocycles. The second-order valence-electron chi connectivity index (χ2n) is 8.84. The highest BCUT2D eigenvalue weighted by Gasteiger charge is 2.54. The van der Waals surface area contributed by atoms with E-state index >= 15 is 0 Å². The third-order valence-corrected chi connectivity index (χ3v) is 6.74. The van der Waals surface area contributed by atoms with Crippen LogP contribution < -0.4 is 0 Å². The molecular weight excluding hydrogens is 390 g/mol. The molecule has 3 aromatic rings. The Labute approximate surface area is 182 Å². The van der Waals surface area contributed by atoms with E-state index in [0.29, 0.717) is 32.2 Å². The summed E-state index contributed by atoms with van der Waals surface area (Å²) in [4.78, 5) is 19.6. The van der Waals surface area contributed by atoms with Crippen LogP contribution in [0.15, 0.2) is 48.7 Å². The average Bonchev–Trinajstić information content (AvgIpc) is 3.31. The van der Waals surface area contributed by atoms with Gasteiger partial charge in [-0.2, -0.15) is 0 Å². The molecule has 162 valence electrons. The summed E-state index contributed by atoms with van der Waals surface area (Å²) in [6.45, 7) is 5.31. The second kappa shape index (κ2) is 8.09. The Morgan fingerprint density at radius 1 is 1.23 bits per heavy atom. The second-order valence-corrected chi connectivity index (χ2v) is 8.84. The summed E-state index contributed by atoms with van der Waals surface area (Å²) in [7, 11) is 1.99. The Balaban J connectivity index is 1.17. The molecule has 1 atom stereocenters. The first-order valence-electron chi connectivity index (χ1n) is 11.0. The molecule has 0 radical (unpaired) electrons. The number of aryl methyl sites for hydroxylation is 2. The number of aromatic nitrogens is 2. The van der Waals surface area contributed by atoms with Crippen LogP contribution in [0, 0.1) is 12.8 Å². The van der Waals surface area contributed by atoms with Gasteiger partial charge in [-0.05, 0) is 43.9 Å². The van der Waals surface area contributed by atoms with E-state index in [1.165, 1.54) is 0 Å². The maximum absolute atomic E-state index is 13.2. The Morgan fingerprint density at radius 2 is 2.06 bits per heavy atom. The van der Waals surface area contributed by atoms with Gasteiger partial charge in [-0.1, -0.05) is 24.3 Å². The van der Waals surface area contributed by atoms with E-state index in [-0.39, 0.29) is 11.5 Å². The number of carbonyl (C=O) groups is 1. The number of benzene rings is 1. The largest absolute Gasteiger partial charge is 0.375 e. The number of ether oxygens (including phenoxy) is 2. The SMILES string of the molecule is Cc1cccc(COCCC2CCOC23CN(C(=O)c2cn(C)c4ccccc24)C3)n1. The van der Waals surface area contributed by atoms with Crippen LogP contribution in [0.2, 0.25) is 0 Å². The molecule has 0 saturated carbocycles. The summed E-state index contributed by atoms with van der Waals surface area (Å²) in [5, 5.41) is 1.01. The number of carbonyl (C=O) groups excluding carboxylic acids is 1. The van der Waals surface area contributed by atoms with Crippen LogP contribution in [0.1, 0.15) is 34.6 Å². The van der Waals surface area contributed by atoms with Gasteiger partial charge >= 0.3 is 0 Å². The third kappa shape index (κ3) is 3.75. The first-order valence-corrected chi connectivity index (χ1v) is 11.0. The van der Waals surface area contributed by atoms with Gasteiger partial charge in [0.2, 0.25) is 0 Å². The molecular formula is C25H29N3O3. The van der Waals surface area contributed by atoms with Gasteiger partial charge in [0, 0.05) is 43.1 Å². The van der Waals surface area contributed by atoms with Crippen LogP contribution in [0.25, 0.3) is 10.9 Å². The van der Waals surface area contributed by atoms with Crippen LogP contribution in [0.3, 0.4) is 0 Å². The van der Waals surface area contributed by atoms with Crippen molar-refractivity contribution in [3.8, 4) is 0 Å². The van der Waals surface area contributed by atoms with E-state index in [9.17, 15) is 4.79 Å². The molecule has 2 aliphatic rings. The number of pyridine rings is 1. The molecule has 31 heavy (non-hydrogen) atoms. The fourth-order valence-electron chi connectivity index (χ4n) is 5.05. The highest BCUT2D eigenvalue weighted by atomic mass is 16.5. The lowest BCUT2D eigenvalue weighted by molar-refractivity contribution is -0.120. The molecule has 6 nitrogen and oxygen atoms in total. The van der Waals surface area contributed by atoms with Gasteiger partial charge in [0.25, 0.3) is 5.91 Å². The molecule has 1 aromatic carbocycles. The number of amides is 1. The molecule has 2 fully saturated rings. The van der Waals surface area contributed by atoms with Gasteiger partial charge in [-0.15, -0.1) is 0 Å². The number of likely N-dealkylation sites (tertiary alicyclic amines) is 1. The molecule has 0 N–H and O–H groups in total. The Bertz CT molecular complexity index is 1100. The molecule has 2 aromatic heterocycles. The number of hydrogen-bond acceptors (Lipinski definition) is 4. The van der Waals surface area contributed by atoms with Gasteiger partial charge in [0.05, 0.1) is 31.0 Å². The van der Waals surface area contributed by atoms with Crippen molar-refractivity contribution in [3.05, 3.63) is 65.6 Å². The van der Waals surface area contributed by atoms with Crippen LogP contribution in [-0.2, 0) is 23.1 Å². The minimum absolute atomic E-state index is 0.0958. The molecule has 1 unspecified atom stereocenters. The van der Waals surface area contributed by atoms with Gasteiger partial charge in [-0.25, -0.2) is 0 Å². The van der Waals surface area contributed by atoms with Crippen molar-refractivity contribution in [3.63, 3.8) is 0 Å². The number of para-hydroxylation sites is 1. The Morgan fingerprint density at radius 3 is 2.90 bits per heavy atom. The molecule has 6 heteroatoms. The van der Waals surface area contributed by atoms with E-state index in [0.717, 1.165) is 47.3 Å². The predicted octanol–water partition coefficient (Wildman–Crippen LogP) is 3.72. The van der Waals surface area contributed by atoms with Gasteiger partial charge < -0.3 is 18.9 Å². The summed E-state index contributed by atoms with van der Waals surface area (Å²) in [6.07, 6.45) is 3.92. The number of hydrogen-bond donors (Lipinski definition) is 0. The van der Waals surface area contributed by atoms with Crippen LogP contribution in [-0.4, -0.2) is 52.3 Å². The summed E-state index contributed by atoms with van der Waals surface area (Å²) in [5.41, 5.74) is 3.63. The van der Waals surface area contributed by atoms with E-state index in [1.807, 2.05) is 72.1 Å². The van der Waals surface area contributed by atoms with Crippen LogP contribution in [0.4, 0.5) is 0 Å². The zero-order chi connectivity index (χ0) is 21.4. The molecule has 1 spiro atoms. The van der Waals surface area contributed by atoms with Crippen molar-refractivity contribution in [2.24, 2.45) is 13.0 Å². The Kier molecular flexibility index (Phi) is 5.28. The molecule has 1 amide bonds. The summed E-state index contributed by atoms with van der Waals surface area (Å²) < 4.78 is 14.1. The zero-order valence-corrected chi connectivity index (χ0v) is 18.2. The minimum Gasteiger partial charge on any atom is -0.375 e. The lowest BCUT2D eigenvalue weighted by Crippen LogP contribution is -2.66. The number of rotatable bonds is 6. The third-order valence-electron chi connectivity index (χ3n) is 6.74. The monoisotopic (exact) mass is 419 g/mol. The fraction of sp³-hybridized carbons (Fsp3) is 0.440. The lowest BCUT2D eigenvalue weighted by Gasteiger charge is -2.50. The lowest BCUT2D eigenvalue weighted by atomic mass is 9.79. The first-order chi connectivity index (χ1) is 15.1. The molecule has 0 aliphatic carbocycles. The highest BCUT2D eigenvalue weighted by Crippen LogP contribution is 2.42. The summed E-state index contributed by atoms with van der Waals surface area (Å²) in [5.74, 6) is 0.521. The molecule has 2 saturated heterocycles. The number of fused-ring (bicyclic) bond motifs is 1. The number of nitrogens with zero attached hydrogens (tertiary/aromatic N) is 3. The van der Waals surface area contributed by atoms with Gasteiger partial charge in [0.1, 0.15) is 5.60 Å². The van der Waals surface area contributed by atoms with E-state index in [1.54, 1.807) is 0 Å². The van der Waals surface area contributed by atoms with Crippen molar-refractivity contribution in [2.45, 2.75) is 32.0 Å². The molecule has 4 heterocycles. The first kappa shape index (κ1) is 20.2. The van der Waals surface area contributed by atoms with Crippen LogP contribution in [0.5, 0.6) is 0 Å². The fourth-order valence-corrected chi connectivity index (χ4v) is 5.05. The van der Waals surface area contributed by atoms with Gasteiger partial charge in [0.15, 0.2) is 0 Å². The normalized spacial score (nSPS) is 19.8. The van der Waals surface area contributed by atoms with Crippen molar-refractivity contribution in [1.29, 1.82) is 0 Å². The van der Waals surface area contributed by atoms with Gasteiger partial charge in [-0.3, -0.25) is 9.78 Å². The predicted molar refractivity (Wildman–Crippen MR) is 119 cm³/mol. The zero-order valence-electron chi connectivity index (χ0n) is 18.2. The van der Waals surface area contributed by atoms with E-state index < -0.39 is 0 Å². The van der Waals surface area contributed by atoms with E-state index in [2.05, 4.69) is 4.98 Å². The summed E-state index contributed by atoms with van der Waals surface area (Å²) >= 11 is 0. The van der Waals surface area contributed by atoms with E-state index in [4.69, 9.17) is 9.47 Å². The topological polar surface area (TPSA) is 56.6 Å². The van der Waals surface area contributed by atoms with Crippen molar-refractivity contribution >= 4 is 16.8 Å². The standard InChI is InChI=1S/C25H29N3O3/c1-18-6-5-7-20(26-18)15-30-12-10-19-11-13-31-25(19)16-28(17-25)24(29)22-14-27(2)23-9-4-3-8-21(22)23/h3-9,14,19H,10-13,15-17H2,1-2H3. The highest BCUT2D eigenvalue weighted by molar-refractivity contribution is 6.07. The maximum Gasteiger partial charge on any atom is 0.256 e. The molecule has 0 bridgehead atoms. The Hall–Kier alpha value is -2.70. The van der Waals surface area contributed by atoms with Crippen molar-refractivity contribution in [2.75, 3.05) is 26.3 Å². The summed E-state index contributed by atoms with van der Waals surface area (Å²) in [6, 6.07) is 14.1. The quantitative estimate of drug-likeness (QED) is 0.572. The maximum atomic E-state index is 13.2. The van der Waals surface area contributed by atoms with Crippen LogP contribution >= 0.6 is 0 Å². The van der Waals surface area contributed by atoms with Crippen molar-refractivity contribution in [1.82, 2.24) is 14.5 Å². The smallest absolute Gasteiger partial charge is 0.256 e. The minimum atomic E-state index is -0.203.